The summed E-state index contributed by atoms with van der Waals surface area (Å²) in [6.45, 7) is 2.85. The van der Waals surface area contributed by atoms with Gasteiger partial charge in [0, 0.05) is 47.8 Å². The van der Waals surface area contributed by atoms with Crippen molar-refractivity contribution in [3.63, 3.8) is 0 Å². The lowest BCUT2D eigenvalue weighted by Gasteiger charge is -2.28. The fourth-order valence-corrected chi connectivity index (χ4v) is 4.12. The van der Waals surface area contributed by atoms with Gasteiger partial charge in [0.1, 0.15) is 0 Å². The molecule has 4 aromatic rings. The number of rotatable bonds is 5. The Morgan fingerprint density at radius 2 is 2.00 bits per heavy atom. The van der Waals surface area contributed by atoms with Crippen LogP contribution in [0.1, 0.15) is 32.6 Å². The number of hydrogen-bond acceptors (Lipinski definition) is 6. The highest BCUT2D eigenvalue weighted by atomic mass is 16.5. The summed E-state index contributed by atoms with van der Waals surface area (Å²) in [7, 11) is 0. The summed E-state index contributed by atoms with van der Waals surface area (Å²) in [6.07, 6.45) is 12.2. The van der Waals surface area contributed by atoms with Crippen LogP contribution < -0.4 is 5.32 Å². The first-order chi connectivity index (χ1) is 14.3. The number of anilines is 1. The fourth-order valence-electron chi connectivity index (χ4n) is 4.12. The zero-order chi connectivity index (χ0) is 19.6. The maximum absolute atomic E-state index is 5.74. The molecule has 4 aromatic heterocycles. The number of ether oxygens (including phenoxy) is 1. The number of nitrogens with one attached hydrogen (secondary N) is 1. The van der Waals surface area contributed by atoms with E-state index in [1.54, 1.807) is 6.20 Å². The third kappa shape index (κ3) is 3.65. The van der Waals surface area contributed by atoms with E-state index in [1.807, 2.05) is 35.2 Å². The lowest BCUT2D eigenvalue weighted by molar-refractivity contribution is 0.0346. The molecule has 5 rings (SSSR count). The molecule has 1 fully saturated rings. The van der Waals surface area contributed by atoms with Crippen LogP contribution in [0.5, 0.6) is 0 Å². The Kier molecular flexibility index (Phi) is 4.81. The van der Waals surface area contributed by atoms with E-state index in [2.05, 4.69) is 44.4 Å². The molecule has 29 heavy (non-hydrogen) atoms. The minimum absolute atomic E-state index is 0.399. The van der Waals surface area contributed by atoms with E-state index in [0.717, 1.165) is 60.0 Å². The number of nitrogens with zero attached hydrogens (tertiary/aromatic N) is 5. The van der Waals surface area contributed by atoms with Gasteiger partial charge in [-0.15, -0.1) is 5.10 Å². The Bertz CT molecular complexity index is 1130. The normalized spacial score (nSPS) is 19.6. The number of hydrogen-bond donors (Lipinski definition) is 1. The highest BCUT2D eigenvalue weighted by molar-refractivity contribution is 5.86. The van der Waals surface area contributed by atoms with Crippen molar-refractivity contribution >= 4 is 22.5 Å². The number of fused-ring (bicyclic) bond motifs is 2. The van der Waals surface area contributed by atoms with Gasteiger partial charge in [0.05, 0.1) is 17.8 Å². The van der Waals surface area contributed by atoms with E-state index in [0.29, 0.717) is 18.1 Å². The van der Waals surface area contributed by atoms with E-state index in [-0.39, 0.29) is 0 Å². The maximum atomic E-state index is 5.74. The van der Waals surface area contributed by atoms with Crippen LogP contribution in [0.2, 0.25) is 0 Å². The Hall–Kier alpha value is -3.06. The molecular weight excluding hydrogens is 364 g/mol. The molecule has 0 unspecified atom stereocenters. The average molecular weight is 388 g/mol. The van der Waals surface area contributed by atoms with Crippen LogP contribution in [0.25, 0.3) is 27.7 Å². The standard InChI is InChI=1S/C22H24N6O/c1-2-29-18-7-5-17(6-8-18)26-22-25-14-20-19(9-11-28(20)27-22)16-12-15-4-3-10-23-21(15)24-13-16/h3-4,9-14,17-18H,2,5-8H2,1H3,(H,26,27)/t17-,18+. The summed E-state index contributed by atoms with van der Waals surface area (Å²) in [4.78, 5) is 13.3. The topological polar surface area (TPSA) is 77.2 Å². The average Bonchev–Trinajstić information content (AvgIpc) is 3.18. The second kappa shape index (κ2) is 7.75. The van der Waals surface area contributed by atoms with Crippen molar-refractivity contribution in [1.29, 1.82) is 0 Å². The van der Waals surface area contributed by atoms with Crippen molar-refractivity contribution in [1.82, 2.24) is 24.6 Å². The van der Waals surface area contributed by atoms with Gasteiger partial charge < -0.3 is 10.1 Å². The van der Waals surface area contributed by atoms with E-state index < -0.39 is 0 Å². The molecule has 0 saturated heterocycles. The Balaban J connectivity index is 1.36. The molecule has 4 heterocycles. The first-order valence-electron chi connectivity index (χ1n) is 10.2. The molecule has 0 aliphatic heterocycles. The van der Waals surface area contributed by atoms with Gasteiger partial charge in [0.2, 0.25) is 5.95 Å². The van der Waals surface area contributed by atoms with E-state index in [1.165, 1.54) is 0 Å². The summed E-state index contributed by atoms with van der Waals surface area (Å²) in [5.41, 5.74) is 3.81. The van der Waals surface area contributed by atoms with Crippen LogP contribution >= 0.6 is 0 Å². The SMILES string of the molecule is CCO[C@H]1CC[C@@H](Nc2ncc3c(-c4cnc5ncccc5c4)ccn3n2)CC1. The lowest BCUT2D eigenvalue weighted by Crippen LogP contribution is -2.30. The van der Waals surface area contributed by atoms with Crippen molar-refractivity contribution in [2.24, 2.45) is 0 Å². The highest BCUT2D eigenvalue weighted by Crippen LogP contribution is 2.27. The Labute approximate surface area is 169 Å². The third-order valence-corrected chi connectivity index (χ3v) is 5.59. The number of pyridine rings is 2. The van der Waals surface area contributed by atoms with Crippen molar-refractivity contribution in [3.8, 4) is 11.1 Å². The molecule has 0 radical (unpaired) electrons. The Morgan fingerprint density at radius 3 is 2.86 bits per heavy atom. The van der Waals surface area contributed by atoms with Crippen LogP contribution in [0.4, 0.5) is 5.95 Å². The van der Waals surface area contributed by atoms with Gasteiger partial charge in [0.15, 0.2) is 5.65 Å². The van der Waals surface area contributed by atoms with Crippen molar-refractivity contribution in [2.45, 2.75) is 44.8 Å². The molecule has 7 heteroatoms. The zero-order valence-corrected chi connectivity index (χ0v) is 16.5. The summed E-state index contributed by atoms with van der Waals surface area (Å²) in [5, 5.41) is 9.17. The second-order valence-electron chi connectivity index (χ2n) is 7.49. The quantitative estimate of drug-likeness (QED) is 0.555. The monoisotopic (exact) mass is 388 g/mol. The first kappa shape index (κ1) is 18.0. The van der Waals surface area contributed by atoms with Gasteiger partial charge in [-0.25, -0.2) is 19.5 Å². The van der Waals surface area contributed by atoms with Gasteiger partial charge >= 0.3 is 0 Å². The van der Waals surface area contributed by atoms with Crippen LogP contribution in [-0.4, -0.2) is 43.3 Å². The van der Waals surface area contributed by atoms with Crippen LogP contribution in [-0.2, 0) is 4.74 Å². The molecule has 0 amide bonds. The summed E-state index contributed by atoms with van der Waals surface area (Å²) in [5.74, 6) is 0.667. The molecule has 0 atom stereocenters. The van der Waals surface area contributed by atoms with E-state index in [9.17, 15) is 0 Å². The van der Waals surface area contributed by atoms with Crippen LogP contribution in [0, 0.1) is 0 Å². The zero-order valence-electron chi connectivity index (χ0n) is 16.5. The predicted molar refractivity (Wildman–Crippen MR) is 113 cm³/mol. The summed E-state index contributed by atoms with van der Waals surface area (Å²) >= 11 is 0. The molecule has 0 bridgehead atoms. The van der Waals surface area contributed by atoms with Crippen molar-refractivity contribution < 1.29 is 4.74 Å². The van der Waals surface area contributed by atoms with Gasteiger partial charge in [-0.1, -0.05) is 0 Å². The van der Waals surface area contributed by atoms with Gasteiger partial charge in [-0.2, -0.15) is 0 Å². The predicted octanol–water partition coefficient (Wildman–Crippen LogP) is 4.10. The van der Waals surface area contributed by atoms with Crippen LogP contribution in [0.15, 0.2) is 49.1 Å². The maximum Gasteiger partial charge on any atom is 0.241 e. The first-order valence-corrected chi connectivity index (χ1v) is 10.2. The van der Waals surface area contributed by atoms with Crippen molar-refractivity contribution in [3.05, 3.63) is 49.1 Å². The smallest absolute Gasteiger partial charge is 0.241 e. The summed E-state index contributed by atoms with van der Waals surface area (Å²) < 4.78 is 7.62. The largest absolute Gasteiger partial charge is 0.379 e. The minimum atomic E-state index is 0.399. The molecule has 1 N–H and O–H groups in total. The highest BCUT2D eigenvalue weighted by Gasteiger charge is 2.22. The van der Waals surface area contributed by atoms with Crippen LogP contribution in [0.3, 0.4) is 0 Å². The van der Waals surface area contributed by atoms with Gasteiger partial charge in [0.25, 0.3) is 0 Å². The van der Waals surface area contributed by atoms with E-state index in [4.69, 9.17) is 4.74 Å². The molecule has 1 saturated carbocycles. The molecular formula is C22H24N6O. The molecule has 0 spiro atoms. The molecule has 7 nitrogen and oxygen atoms in total. The Morgan fingerprint density at radius 1 is 1.10 bits per heavy atom. The van der Waals surface area contributed by atoms with Crippen molar-refractivity contribution in [2.75, 3.05) is 11.9 Å². The van der Waals surface area contributed by atoms with Gasteiger partial charge in [-0.3, -0.25) is 0 Å². The third-order valence-electron chi connectivity index (χ3n) is 5.59. The molecule has 0 aromatic carbocycles. The molecule has 148 valence electrons. The number of aromatic nitrogens is 5. The fraction of sp³-hybridized carbons (Fsp3) is 0.364. The van der Waals surface area contributed by atoms with Gasteiger partial charge in [-0.05, 0) is 56.9 Å². The van der Waals surface area contributed by atoms with E-state index >= 15 is 0 Å². The molecule has 1 aliphatic carbocycles. The second-order valence-corrected chi connectivity index (χ2v) is 7.49. The molecule has 1 aliphatic rings. The minimum Gasteiger partial charge on any atom is -0.379 e. The summed E-state index contributed by atoms with van der Waals surface area (Å²) in [6, 6.07) is 8.51. The lowest BCUT2D eigenvalue weighted by atomic mass is 9.93.